The minimum Gasteiger partial charge on any atom is -0.494 e. The molecule has 0 aliphatic heterocycles. The van der Waals surface area contributed by atoms with Crippen molar-refractivity contribution in [3.05, 3.63) is 23.5 Å². The summed E-state index contributed by atoms with van der Waals surface area (Å²) >= 11 is 0. The smallest absolute Gasteiger partial charge is 0.358 e. The van der Waals surface area contributed by atoms with Crippen LogP contribution in [0.25, 0.3) is 0 Å². The van der Waals surface area contributed by atoms with Crippen molar-refractivity contribution in [2.75, 3.05) is 7.11 Å². The van der Waals surface area contributed by atoms with Crippen molar-refractivity contribution in [2.45, 2.75) is 6.54 Å². The van der Waals surface area contributed by atoms with Gasteiger partial charge in [-0.15, -0.1) is 0 Å². The quantitative estimate of drug-likeness (QED) is 0.699. The lowest BCUT2D eigenvalue weighted by molar-refractivity contribution is 0.0686. The maximum atomic E-state index is 10.7. The lowest BCUT2D eigenvalue weighted by Gasteiger charge is -2.04. The van der Waals surface area contributed by atoms with E-state index >= 15 is 0 Å². The summed E-state index contributed by atoms with van der Waals surface area (Å²) in [6, 6.07) is 3.17. The molecule has 70 valence electrons. The van der Waals surface area contributed by atoms with E-state index in [4.69, 9.17) is 15.6 Å². The summed E-state index contributed by atoms with van der Waals surface area (Å²) in [6.07, 6.45) is 0. The molecular weight excluding hydrogens is 172 g/mol. The third-order valence-electron chi connectivity index (χ3n) is 1.55. The van der Waals surface area contributed by atoms with Gasteiger partial charge in [-0.1, -0.05) is 0 Å². The average Bonchev–Trinajstić information content (AvgIpc) is 2.16. The Labute approximate surface area is 75.2 Å². The average molecular weight is 182 g/mol. The van der Waals surface area contributed by atoms with Gasteiger partial charge in [0.25, 0.3) is 0 Å². The number of methoxy groups -OCH3 is 1. The number of carboxylic acids is 1. The molecule has 13 heavy (non-hydrogen) atoms. The highest BCUT2D eigenvalue weighted by molar-refractivity contribution is 5.88. The molecule has 1 heterocycles. The predicted octanol–water partition coefficient (Wildman–Crippen LogP) is 0.247. The Bertz CT molecular complexity index is 325. The molecule has 0 saturated carbocycles. The first kappa shape index (κ1) is 9.47. The van der Waals surface area contributed by atoms with Crippen molar-refractivity contribution in [2.24, 2.45) is 5.73 Å². The second kappa shape index (κ2) is 3.86. The van der Waals surface area contributed by atoms with Crippen LogP contribution in [0.4, 0.5) is 0 Å². The second-order valence-corrected chi connectivity index (χ2v) is 2.36. The van der Waals surface area contributed by atoms with E-state index < -0.39 is 5.97 Å². The Morgan fingerprint density at radius 1 is 1.69 bits per heavy atom. The summed E-state index contributed by atoms with van der Waals surface area (Å²) < 4.78 is 4.82. The van der Waals surface area contributed by atoms with Crippen LogP contribution in [0.5, 0.6) is 5.75 Å². The minimum absolute atomic E-state index is 0.106. The SMILES string of the molecule is COc1ccc(CN)nc1C(=O)O. The molecule has 1 aromatic heterocycles. The van der Waals surface area contributed by atoms with Crippen molar-refractivity contribution in [1.82, 2.24) is 4.98 Å². The van der Waals surface area contributed by atoms with Crippen molar-refractivity contribution in [1.29, 1.82) is 0 Å². The van der Waals surface area contributed by atoms with Gasteiger partial charge >= 0.3 is 5.97 Å². The van der Waals surface area contributed by atoms with Crippen LogP contribution in [0.1, 0.15) is 16.2 Å². The Kier molecular flexibility index (Phi) is 2.81. The fourth-order valence-corrected chi connectivity index (χ4v) is 0.918. The molecule has 3 N–H and O–H groups in total. The minimum atomic E-state index is -1.12. The lowest BCUT2D eigenvalue weighted by atomic mass is 10.2. The van der Waals surface area contributed by atoms with Crippen LogP contribution in [-0.2, 0) is 6.54 Å². The molecule has 5 nitrogen and oxygen atoms in total. The first-order valence-corrected chi connectivity index (χ1v) is 3.66. The highest BCUT2D eigenvalue weighted by atomic mass is 16.5. The topological polar surface area (TPSA) is 85.4 Å². The molecule has 0 atom stereocenters. The van der Waals surface area contributed by atoms with Crippen LogP contribution in [-0.4, -0.2) is 23.2 Å². The molecule has 0 bridgehead atoms. The van der Waals surface area contributed by atoms with Crippen LogP contribution in [0.2, 0.25) is 0 Å². The molecular formula is C8H10N2O3. The number of carboxylic acid groups (broad SMARTS) is 1. The van der Waals surface area contributed by atoms with Crippen LogP contribution in [0.15, 0.2) is 12.1 Å². The van der Waals surface area contributed by atoms with Gasteiger partial charge in [-0.2, -0.15) is 0 Å². The molecule has 0 saturated heterocycles. The van der Waals surface area contributed by atoms with E-state index in [2.05, 4.69) is 4.98 Å². The van der Waals surface area contributed by atoms with Gasteiger partial charge in [-0.3, -0.25) is 0 Å². The van der Waals surface area contributed by atoms with E-state index in [-0.39, 0.29) is 18.0 Å². The number of pyridine rings is 1. The second-order valence-electron chi connectivity index (χ2n) is 2.36. The summed E-state index contributed by atoms with van der Waals surface area (Å²) in [5.41, 5.74) is 5.73. The monoisotopic (exact) mass is 182 g/mol. The first-order valence-electron chi connectivity index (χ1n) is 3.66. The largest absolute Gasteiger partial charge is 0.494 e. The van der Waals surface area contributed by atoms with Gasteiger partial charge in [0.15, 0.2) is 11.4 Å². The predicted molar refractivity (Wildman–Crippen MR) is 45.6 cm³/mol. The van der Waals surface area contributed by atoms with E-state index in [1.54, 1.807) is 12.1 Å². The highest BCUT2D eigenvalue weighted by Crippen LogP contribution is 2.15. The number of rotatable bonds is 3. The molecule has 0 amide bonds. The molecule has 1 aromatic rings. The van der Waals surface area contributed by atoms with E-state index in [0.717, 1.165) is 0 Å². The number of aromatic carboxylic acids is 1. The number of nitrogens with zero attached hydrogens (tertiary/aromatic N) is 1. The van der Waals surface area contributed by atoms with E-state index in [9.17, 15) is 4.79 Å². The van der Waals surface area contributed by atoms with Crippen molar-refractivity contribution >= 4 is 5.97 Å². The molecule has 5 heteroatoms. The molecule has 0 unspecified atom stereocenters. The van der Waals surface area contributed by atoms with E-state index in [0.29, 0.717) is 5.69 Å². The van der Waals surface area contributed by atoms with Gasteiger partial charge in [-0.25, -0.2) is 9.78 Å². The Balaban J connectivity index is 3.18. The molecule has 0 fully saturated rings. The molecule has 0 aromatic carbocycles. The van der Waals surface area contributed by atoms with Crippen molar-refractivity contribution in [3.63, 3.8) is 0 Å². The molecule has 0 radical (unpaired) electrons. The fraction of sp³-hybridized carbons (Fsp3) is 0.250. The summed E-state index contributed by atoms with van der Waals surface area (Å²) in [5, 5.41) is 8.73. The standard InChI is InChI=1S/C8H10N2O3/c1-13-6-3-2-5(4-9)10-7(6)8(11)12/h2-3H,4,9H2,1H3,(H,11,12). The zero-order chi connectivity index (χ0) is 9.84. The van der Waals surface area contributed by atoms with Gasteiger partial charge < -0.3 is 15.6 Å². The third kappa shape index (κ3) is 1.94. The molecule has 0 spiro atoms. The first-order chi connectivity index (χ1) is 6.19. The van der Waals surface area contributed by atoms with Crippen molar-refractivity contribution < 1.29 is 14.6 Å². The Hall–Kier alpha value is -1.62. The number of hydrogen-bond donors (Lipinski definition) is 2. The van der Waals surface area contributed by atoms with Crippen LogP contribution in [0, 0.1) is 0 Å². The van der Waals surface area contributed by atoms with Crippen LogP contribution < -0.4 is 10.5 Å². The lowest BCUT2D eigenvalue weighted by Crippen LogP contribution is -2.08. The zero-order valence-electron chi connectivity index (χ0n) is 7.15. The summed E-state index contributed by atoms with van der Waals surface area (Å²) in [5.74, 6) is -0.878. The third-order valence-corrected chi connectivity index (χ3v) is 1.55. The molecule has 1 rings (SSSR count). The molecule has 0 aliphatic carbocycles. The van der Waals surface area contributed by atoms with Crippen LogP contribution >= 0.6 is 0 Å². The molecule has 0 aliphatic rings. The fourth-order valence-electron chi connectivity index (χ4n) is 0.918. The number of hydrogen-bond acceptors (Lipinski definition) is 4. The van der Waals surface area contributed by atoms with E-state index in [1.165, 1.54) is 7.11 Å². The van der Waals surface area contributed by atoms with Gasteiger partial charge in [0.1, 0.15) is 0 Å². The Morgan fingerprint density at radius 2 is 2.38 bits per heavy atom. The number of nitrogens with two attached hydrogens (primary N) is 1. The number of ether oxygens (including phenoxy) is 1. The van der Waals surface area contributed by atoms with E-state index in [1.807, 2.05) is 0 Å². The number of aromatic nitrogens is 1. The van der Waals surface area contributed by atoms with Crippen molar-refractivity contribution in [3.8, 4) is 5.75 Å². The maximum Gasteiger partial charge on any atom is 0.358 e. The summed E-state index contributed by atoms with van der Waals surface area (Å²) in [4.78, 5) is 14.5. The van der Waals surface area contributed by atoms with Gasteiger partial charge in [0, 0.05) is 6.54 Å². The summed E-state index contributed by atoms with van der Waals surface area (Å²) in [6.45, 7) is 0.213. The van der Waals surface area contributed by atoms with Crippen LogP contribution in [0.3, 0.4) is 0 Å². The normalized spacial score (nSPS) is 9.69. The maximum absolute atomic E-state index is 10.7. The number of carbonyl (C=O) groups is 1. The van der Waals surface area contributed by atoms with Gasteiger partial charge in [0.05, 0.1) is 12.8 Å². The summed E-state index contributed by atoms with van der Waals surface area (Å²) in [7, 11) is 1.39. The van der Waals surface area contributed by atoms with Gasteiger partial charge in [0.2, 0.25) is 0 Å². The zero-order valence-corrected chi connectivity index (χ0v) is 7.15. The van der Waals surface area contributed by atoms with Gasteiger partial charge in [-0.05, 0) is 12.1 Å². The Morgan fingerprint density at radius 3 is 2.85 bits per heavy atom. The highest BCUT2D eigenvalue weighted by Gasteiger charge is 2.12.